The minimum atomic E-state index is -0.125. The molecule has 0 fully saturated rings. The smallest absolute Gasteiger partial charge is 0.228 e. The number of carbonyl (C=O) groups excluding carboxylic acids is 2. The van der Waals surface area contributed by atoms with E-state index in [1.165, 1.54) is 12.5 Å². The zero-order chi connectivity index (χ0) is 17.8. The summed E-state index contributed by atoms with van der Waals surface area (Å²) in [6, 6.07) is 15.2. The number of aryl methyl sites for hydroxylation is 1. The third-order valence-electron chi connectivity index (χ3n) is 4.48. The van der Waals surface area contributed by atoms with Crippen molar-refractivity contribution in [2.45, 2.75) is 26.2 Å². The topological polar surface area (TPSA) is 40.6 Å². The Morgan fingerprint density at radius 3 is 2.60 bits per heavy atom. The third-order valence-corrected chi connectivity index (χ3v) is 4.80. The molecule has 2 amide bonds. The number of rotatable bonds is 4. The number of fused-ring (bicyclic) bond motifs is 1. The molecule has 3 rings (SSSR count). The first kappa shape index (κ1) is 17.5. The summed E-state index contributed by atoms with van der Waals surface area (Å²) in [5.41, 5.74) is 2.84. The molecule has 130 valence electrons. The third kappa shape index (κ3) is 3.85. The maximum atomic E-state index is 12.8. The van der Waals surface area contributed by atoms with Gasteiger partial charge in [0, 0.05) is 32.1 Å². The van der Waals surface area contributed by atoms with E-state index in [1.54, 1.807) is 17.0 Å². The first-order valence-electron chi connectivity index (χ1n) is 8.49. The van der Waals surface area contributed by atoms with E-state index in [1.807, 2.05) is 35.2 Å². The highest BCUT2D eigenvalue weighted by Gasteiger charge is 2.23. The fourth-order valence-corrected chi connectivity index (χ4v) is 3.49. The molecule has 2 aromatic carbocycles. The van der Waals surface area contributed by atoms with Gasteiger partial charge in [0.15, 0.2) is 0 Å². The lowest BCUT2D eigenvalue weighted by Crippen LogP contribution is -2.39. The van der Waals surface area contributed by atoms with Crippen LogP contribution in [0.5, 0.6) is 0 Å². The molecule has 25 heavy (non-hydrogen) atoms. The van der Waals surface area contributed by atoms with Gasteiger partial charge >= 0.3 is 0 Å². The molecule has 0 N–H and O–H groups in total. The summed E-state index contributed by atoms with van der Waals surface area (Å²) >= 11 is 6.20. The lowest BCUT2D eigenvalue weighted by atomic mass is 10.0. The molecule has 0 saturated heterocycles. The Kier molecular flexibility index (Phi) is 5.39. The Hall–Kier alpha value is -2.33. The Morgan fingerprint density at radius 1 is 1.12 bits per heavy atom. The number of carbonyl (C=O) groups is 2. The molecule has 0 aromatic heterocycles. The zero-order valence-electron chi connectivity index (χ0n) is 14.2. The Labute approximate surface area is 153 Å². The molecule has 0 unspecified atom stereocenters. The van der Waals surface area contributed by atoms with Gasteiger partial charge in [0.25, 0.3) is 0 Å². The minimum absolute atomic E-state index is 0.0328. The molecule has 0 aliphatic carbocycles. The average molecular weight is 357 g/mol. The van der Waals surface area contributed by atoms with Crippen molar-refractivity contribution >= 4 is 34.8 Å². The maximum Gasteiger partial charge on any atom is 0.228 e. The van der Waals surface area contributed by atoms with Gasteiger partial charge < -0.3 is 9.80 Å². The number of benzene rings is 2. The van der Waals surface area contributed by atoms with E-state index in [2.05, 4.69) is 6.07 Å². The van der Waals surface area contributed by atoms with Gasteiger partial charge in [-0.2, -0.15) is 0 Å². The molecule has 0 spiro atoms. The van der Waals surface area contributed by atoms with E-state index in [4.69, 9.17) is 11.6 Å². The van der Waals surface area contributed by atoms with Crippen LogP contribution in [0.2, 0.25) is 5.02 Å². The fraction of sp³-hybridized carbons (Fsp3) is 0.300. The summed E-state index contributed by atoms with van der Waals surface area (Å²) < 4.78 is 0. The predicted octanol–water partition coefficient (Wildman–Crippen LogP) is 4.06. The Balaban J connectivity index is 1.73. The quantitative estimate of drug-likeness (QED) is 0.828. The highest BCUT2D eigenvalue weighted by atomic mass is 35.5. The van der Waals surface area contributed by atoms with E-state index >= 15 is 0 Å². The van der Waals surface area contributed by atoms with Crippen LogP contribution in [0.4, 0.5) is 11.4 Å². The molecule has 1 heterocycles. The SMILES string of the molecule is CC(=O)N(CCC(=O)N1CCCc2ccccc21)c1ccccc1Cl. The molecule has 4 nitrogen and oxygen atoms in total. The second-order valence-electron chi connectivity index (χ2n) is 6.15. The number of anilines is 2. The van der Waals surface area contributed by atoms with Crippen molar-refractivity contribution in [2.24, 2.45) is 0 Å². The van der Waals surface area contributed by atoms with Gasteiger partial charge in [-0.05, 0) is 36.6 Å². The van der Waals surface area contributed by atoms with Crippen LogP contribution in [0.15, 0.2) is 48.5 Å². The van der Waals surface area contributed by atoms with E-state index in [0.717, 1.165) is 25.1 Å². The highest BCUT2D eigenvalue weighted by Crippen LogP contribution is 2.28. The summed E-state index contributed by atoms with van der Waals surface area (Å²) in [5.74, 6) is -0.0922. The Bertz CT molecular complexity index is 791. The molecule has 5 heteroatoms. The second kappa shape index (κ2) is 7.70. The molecule has 0 saturated carbocycles. The fourth-order valence-electron chi connectivity index (χ4n) is 3.25. The van der Waals surface area contributed by atoms with Crippen LogP contribution < -0.4 is 9.80 Å². The predicted molar refractivity (Wildman–Crippen MR) is 101 cm³/mol. The molecule has 1 aliphatic heterocycles. The minimum Gasteiger partial charge on any atom is -0.312 e. The van der Waals surface area contributed by atoms with Gasteiger partial charge in [0.2, 0.25) is 11.8 Å². The second-order valence-corrected chi connectivity index (χ2v) is 6.56. The largest absolute Gasteiger partial charge is 0.312 e. The summed E-state index contributed by atoms with van der Waals surface area (Å²) in [6.07, 6.45) is 2.22. The zero-order valence-corrected chi connectivity index (χ0v) is 15.0. The van der Waals surface area contributed by atoms with Crippen molar-refractivity contribution in [3.8, 4) is 0 Å². The number of halogens is 1. The standard InChI is InChI=1S/C20H21ClN2O2/c1-15(24)22(19-11-5-3-9-17(19)21)14-12-20(25)23-13-6-8-16-7-2-4-10-18(16)23/h2-5,7,9-11H,6,8,12-14H2,1H3. The van der Waals surface area contributed by atoms with E-state index in [0.29, 0.717) is 17.3 Å². The average Bonchev–Trinajstić information content (AvgIpc) is 2.62. The van der Waals surface area contributed by atoms with Crippen LogP contribution in [0, 0.1) is 0 Å². The van der Waals surface area contributed by atoms with Crippen LogP contribution in [0.3, 0.4) is 0 Å². The van der Waals surface area contributed by atoms with Gasteiger partial charge in [-0.1, -0.05) is 41.9 Å². The number of nitrogens with zero attached hydrogens (tertiary/aromatic N) is 2. The first-order valence-corrected chi connectivity index (χ1v) is 8.86. The van der Waals surface area contributed by atoms with Gasteiger partial charge in [-0.25, -0.2) is 0 Å². The molecular weight excluding hydrogens is 336 g/mol. The van der Waals surface area contributed by atoms with Crippen molar-refractivity contribution in [1.29, 1.82) is 0 Å². The van der Waals surface area contributed by atoms with Gasteiger partial charge in [-0.15, -0.1) is 0 Å². The maximum absolute atomic E-state index is 12.8. The molecule has 2 aromatic rings. The lowest BCUT2D eigenvalue weighted by Gasteiger charge is -2.30. The van der Waals surface area contributed by atoms with Crippen molar-refractivity contribution in [2.75, 3.05) is 22.9 Å². The number of hydrogen-bond donors (Lipinski definition) is 0. The van der Waals surface area contributed by atoms with Gasteiger partial charge in [-0.3, -0.25) is 9.59 Å². The van der Waals surface area contributed by atoms with Crippen LogP contribution >= 0.6 is 11.6 Å². The van der Waals surface area contributed by atoms with Crippen LogP contribution in [-0.4, -0.2) is 24.9 Å². The first-order chi connectivity index (χ1) is 12.1. The van der Waals surface area contributed by atoms with E-state index < -0.39 is 0 Å². The van der Waals surface area contributed by atoms with Crippen molar-refractivity contribution < 1.29 is 9.59 Å². The van der Waals surface area contributed by atoms with Gasteiger partial charge in [0.1, 0.15) is 0 Å². The molecule has 0 bridgehead atoms. The summed E-state index contributed by atoms with van der Waals surface area (Å²) in [7, 11) is 0. The molecule has 0 radical (unpaired) electrons. The molecular formula is C20H21ClN2O2. The Morgan fingerprint density at radius 2 is 1.84 bits per heavy atom. The van der Waals surface area contributed by atoms with Crippen molar-refractivity contribution in [3.05, 3.63) is 59.1 Å². The summed E-state index contributed by atoms with van der Waals surface area (Å²) in [5, 5.41) is 0.508. The van der Waals surface area contributed by atoms with Crippen LogP contribution in [0.25, 0.3) is 0 Å². The van der Waals surface area contributed by atoms with Crippen molar-refractivity contribution in [1.82, 2.24) is 0 Å². The monoisotopic (exact) mass is 356 g/mol. The number of para-hydroxylation sites is 2. The normalized spacial score (nSPS) is 13.3. The lowest BCUT2D eigenvalue weighted by molar-refractivity contribution is -0.118. The molecule has 0 atom stereocenters. The highest BCUT2D eigenvalue weighted by molar-refractivity contribution is 6.33. The van der Waals surface area contributed by atoms with E-state index in [-0.39, 0.29) is 18.2 Å². The molecule has 1 aliphatic rings. The van der Waals surface area contributed by atoms with Gasteiger partial charge in [0.05, 0.1) is 10.7 Å². The number of hydrogen-bond acceptors (Lipinski definition) is 2. The van der Waals surface area contributed by atoms with Crippen molar-refractivity contribution in [3.63, 3.8) is 0 Å². The van der Waals surface area contributed by atoms with E-state index in [9.17, 15) is 9.59 Å². The van der Waals surface area contributed by atoms with Crippen LogP contribution in [-0.2, 0) is 16.0 Å². The van der Waals surface area contributed by atoms with Crippen LogP contribution in [0.1, 0.15) is 25.3 Å². The summed E-state index contributed by atoms with van der Waals surface area (Å²) in [4.78, 5) is 28.2. The number of amides is 2. The summed E-state index contributed by atoms with van der Waals surface area (Å²) in [6.45, 7) is 2.53.